The van der Waals surface area contributed by atoms with Crippen molar-refractivity contribution >= 4 is 17.7 Å². The minimum atomic E-state index is -0.637. The maximum Gasteiger partial charge on any atom is 0.240 e. The van der Waals surface area contributed by atoms with Gasteiger partial charge in [-0.2, -0.15) is 11.8 Å². The first-order chi connectivity index (χ1) is 10.2. The van der Waals surface area contributed by atoms with Gasteiger partial charge >= 0.3 is 0 Å². The first kappa shape index (κ1) is 16.3. The molecule has 0 unspecified atom stereocenters. The minimum absolute atomic E-state index is 0.103. The van der Waals surface area contributed by atoms with Crippen LogP contribution in [-0.4, -0.2) is 52.8 Å². The molecule has 1 heterocycles. The summed E-state index contributed by atoms with van der Waals surface area (Å²) in [5.41, 5.74) is 1.11. The molecule has 1 aliphatic rings. The monoisotopic (exact) mass is 308 g/mol. The first-order valence-electron chi connectivity index (χ1n) is 7.55. The van der Waals surface area contributed by atoms with E-state index in [1.54, 1.807) is 0 Å². The number of aliphatic hydroxyl groups excluding tert-OH is 1. The van der Waals surface area contributed by atoms with Gasteiger partial charge in [0.15, 0.2) is 0 Å². The fourth-order valence-corrected chi connectivity index (χ4v) is 3.32. The SMILES string of the molecule is CC[C@H](O)N[C@@H](Cc1ccccc1)C(=O)N1CCSCC1. The molecule has 1 aliphatic heterocycles. The van der Waals surface area contributed by atoms with Gasteiger partial charge in [-0.3, -0.25) is 10.1 Å². The largest absolute Gasteiger partial charge is 0.379 e. The summed E-state index contributed by atoms with van der Waals surface area (Å²) in [6, 6.07) is 9.61. The molecular weight excluding hydrogens is 284 g/mol. The zero-order valence-corrected chi connectivity index (χ0v) is 13.3. The summed E-state index contributed by atoms with van der Waals surface area (Å²) in [7, 11) is 0. The highest BCUT2D eigenvalue weighted by atomic mass is 32.2. The second-order valence-electron chi connectivity index (χ2n) is 5.27. The second kappa shape index (κ2) is 8.41. The predicted octanol–water partition coefficient (Wildman–Crippen LogP) is 1.49. The van der Waals surface area contributed by atoms with Crippen molar-refractivity contribution in [2.45, 2.75) is 32.0 Å². The van der Waals surface area contributed by atoms with Crippen LogP contribution in [0.15, 0.2) is 30.3 Å². The van der Waals surface area contributed by atoms with Crippen LogP contribution >= 0.6 is 11.8 Å². The first-order valence-corrected chi connectivity index (χ1v) is 8.70. The Balaban J connectivity index is 2.05. The molecule has 0 spiro atoms. The highest BCUT2D eigenvalue weighted by molar-refractivity contribution is 7.99. The Bertz CT molecular complexity index is 435. The number of benzene rings is 1. The van der Waals surface area contributed by atoms with Crippen LogP contribution in [0.4, 0.5) is 0 Å². The lowest BCUT2D eigenvalue weighted by Gasteiger charge is -2.31. The van der Waals surface area contributed by atoms with Gasteiger partial charge in [0.1, 0.15) is 6.23 Å². The van der Waals surface area contributed by atoms with Crippen molar-refractivity contribution in [3.05, 3.63) is 35.9 Å². The summed E-state index contributed by atoms with van der Waals surface area (Å²) in [5.74, 6) is 2.10. The van der Waals surface area contributed by atoms with E-state index in [4.69, 9.17) is 0 Å². The maximum atomic E-state index is 12.7. The highest BCUT2D eigenvalue weighted by Gasteiger charge is 2.27. The number of aliphatic hydroxyl groups is 1. The third kappa shape index (κ3) is 5.02. The van der Waals surface area contributed by atoms with E-state index in [9.17, 15) is 9.90 Å². The molecule has 4 nitrogen and oxygen atoms in total. The van der Waals surface area contributed by atoms with Crippen LogP contribution in [-0.2, 0) is 11.2 Å². The van der Waals surface area contributed by atoms with Gasteiger partial charge in [-0.25, -0.2) is 0 Å². The van der Waals surface area contributed by atoms with Crippen molar-refractivity contribution in [3.63, 3.8) is 0 Å². The molecule has 0 saturated carbocycles. The Morgan fingerprint density at radius 3 is 2.62 bits per heavy atom. The molecule has 1 aromatic rings. The molecule has 2 N–H and O–H groups in total. The van der Waals surface area contributed by atoms with Gasteiger partial charge in [-0.15, -0.1) is 0 Å². The molecular formula is C16H24N2O2S. The molecule has 1 aromatic carbocycles. The summed E-state index contributed by atoms with van der Waals surface area (Å²) >= 11 is 1.89. The van der Waals surface area contributed by atoms with Gasteiger partial charge in [0.25, 0.3) is 0 Å². The van der Waals surface area contributed by atoms with Gasteiger partial charge in [-0.05, 0) is 18.4 Å². The van der Waals surface area contributed by atoms with E-state index >= 15 is 0 Å². The van der Waals surface area contributed by atoms with Crippen molar-refractivity contribution in [2.75, 3.05) is 24.6 Å². The average Bonchev–Trinajstić information content (AvgIpc) is 2.55. The second-order valence-corrected chi connectivity index (χ2v) is 6.50. The van der Waals surface area contributed by atoms with Crippen molar-refractivity contribution in [2.24, 2.45) is 0 Å². The summed E-state index contributed by atoms with van der Waals surface area (Å²) < 4.78 is 0. The van der Waals surface area contributed by atoms with Gasteiger partial charge < -0.3 is 10.0 Å². The van der Waals surface area contributed by atoms with E-state index in [1.807, 2.05) is 53.9 Å². The molecule has 0 bridgehead atoms. The molecule has 2 atom stereocenters. The van der Waals surface area contributed by atoms with E-state index in [1.165, 1.54) is 0 Å². The predicted molar refractivity (Wildman–Crippen MR) is 87.3 cm³/mol. The number of carbonyl (C=O) groups is 1. The average molecular weight is 308 g/mol. The van der Waals surface area contributed by atoms with Crippen molar-refractivity contribution in [3.8, 4) is 0 Å². The normalized spacial score (nSPS) is 18.3. The van der Waals surface area contributed by atoms with Crippen LogP contribution in [0.1, 0.15) is 18.9 Å². The Morgan fingerprint density at radius 1 is 1.33 bits per heavy atom. The van der Waals surface area contributed by atoms with Crippen molar-refractivity contribution in [1.82, 2.24) is 10.2 Å². The number of carbonyl (C=O) groups excluding carboxylic acids is 1. The maximum absolute atomic E-state index is 12.7. The molecule has 2 rings (SSSR count). The Morgan fingerprint density at radius 2 is 2.00 bits per heavy atom. The van der Waals surface area contributed by atoms with E-state index in [0.29, 0.717) is 12.8 Å². The van der Waals surface area contributed by atoms with Crippen molar-refractivity contribution < 1.29 is 9.90 Å². The Kier molecular flexibility index (Phi) is 6.54. The van der Waals surface area contributed by atoms with E-state index in [0.717, 1.165) is 30.2 Å². The van der Waals surface area contributed by atoms with Gasteiger partial charge in [0.05, 0.1) is 6.04 Å². The van der Waals surface area contributed by atoms with Crippen LogP contribution in [0.3, 0.4) is 0 Å². The third-order valence-electron chi connectivity index (χ3n) is 3.68. The molecule has 0 aliphatic carbocycles. The molecule has 0 radical (unpaired) electrons. The number of nitrogens with zero attached hydrogens (tertiary/aromatic N) is 1. The number of rotatable bonds is 6. The third-order valence-corrected chi connectivity index (χ3v) is 4.63. The van der Waals surface area contributed by atoms with Gasteiger partial charge in [-0.1, -0.05) is 37.3 Å². The fraction of sp³-hybridized carbons (Fsp3) is 0.562. The quantitative estimate of drug-likeness (QED) is 0.782. The Hall–Kier alpha value is -1.04. The lowest BCUT2D eigenvalue weighted by atomic mass is 10.0. The lowest BCUT2D eigenvalue weighted by molar-refractivity contribution is -0.134. The zero-order chi connectivity index (χ0) is 15.1. The summed E-state index contributed by atoms with van der Waals surface area (Å²) in [6.45, 7) is 3.51. The number of hydrogen-bond acceptors (Lipinski definition) is 4. The standard InChI is InChI=1S/C16H24N2O2S/c1-2-15(19)17-14(12-13-6-4-3-5-7-13)16(20)18-8-10-21-11-9-18/h3-7,14-15,17,19H,2,8-12H2,1H3/t14-,15-/m0/s1. The smallest absolute Gasteiger partial charge is 0.240 e. The van der Waals surface area contributed by atoms with Crippen LogP contribution in [0.2, 0.25) is 0 Å². The zero-order valence-electron chi connectivity index (χ0n) is 12.5. The molecule has 5 heteroatoms. The Labute approximate surface area is 130 Å². The number of nitrogens with one attached hydrogen (secondary N) is 1. The molecule has 0 aromatic heterocycles. The van der Waals surface area contributed by atoms with Gasteiger partial charge in [0.2, 0.25) is 5.91 Å². The molecule has 116 valence electrons. The molecule has 1 saturated heterocycles. The summed E-state index contributed by atoms with van der Waals surface area (Å²) in [6.07, 6.45) is 0.566. The molecule has 21 heavy (non-hydrogen) atoms. The molecule has 1 amide bonds. The topological polar surface area (TPSA) is 52.6 Å². The minimum Gasteiger partial charge on any atom is -0.379 e. The van der Waals surface area contributed by atoms with E-state index in [2.05, 4.69) is 5.32 Å². The van der Waals surface area contributed by atoms with Gasteiger partial charge in [0, 0.05) is 24.6 Å². The van der Waals surface area contributed by atoms with Crippen LogP contribution in [0.5, 0.6) is 0 Å². The lowest BCUT2D eigenvalue weighted by Crippen LogP contribution is -2.52. The number of thioether (sulfide) groups is 1. The van der Waals surface area contributed by atoms with E-state index < -0.39 is 6.23 Å². The summed E-state index contributed by atoms with van der Waals surface area (Å²) in [5, 5.41) is 12.9. The number of hydrogen-bond donors (Lipinski definition) is 2. The fourth-order valence-electron chi connectivity index (χ4n) is 2.42. The van der Waals surface area contributed by atoms with E-state index in [-0.39, 0.29) is 11.9 Å². The number of amides is 1. The highest BCUT2D eigenvalue weighted by Crippen LogP contribution is 2.13. The van der Waals surface area contributed by atoms with Crippen LogP contribution in [0.25, 0.3) is 0 Å². The van der Waals surface area contributed by atoms with Crippen LogP contribution in [0, 0.1) is 0 Å². The summed E-state index contributed by atoms with van der Waals surface area (Å²) in [4.78, 5) is 14.6. The van der Waals surface area contributed by atoms with Crippen molar-refractivity contribution in [1.29, 1.82) is 0 Å². The molecule has 1 fully saturated rings. The van der Waals surface area contributed by atoms with Crippen LogP contribution < -0.4 is 5.32 Å².